The number of hydrogen-bond donors (Lipinski definition) is 1. The Kier molecular flexibility index (Phi) is 4.65. The van der Waals surface area contributed by atoms with Crippen LogP contribution >= 0.6 is 0 Å². The molecule has 1 fully saturated rings. The van der Waals surface area contributed by atoms with Gasteiger partial charge in [0.05, 0.1) is 30.1 Å². The molecule has 0 bridgehead atoms. The van der Waals surface area contributed by atoms with Gasteiger partial charge in [0.15, 0.2) is 0 Å². The second kappa shape index (κ2) is 7.23. The predicted octanol–water partition coefficient (Wildman–Crippen LogP) is 3.81. The number of aromatic nitrogens is 4. The normalized spacial score (nSPS) is 16.8. The first kappa shape index (κ1) is 16.1. The average Bonchev–Trinajstić information content (AvgIpc) is 3.32. The van der Waals surface area contributed by atoms with E-state index in [1.165, 1.54) is 32.4 Å². The van der Waals surface area contributed by atoms with Crippen molar-refractivity contribution in [2.45, 2.75) is 38.8 Å². The molecule has 0 spiro atoms. The Morgan fingerprint density at radius 1 is 1.08 bits per heavy atom. The van der Waals surface area contributed by atoms with Crippen molar-refractivity contribution in [3.8, 4) is 22.5 Å². The van der Waals surface area contributed by atoms with Gasteiger partial charge in [-0.2, -0.15) is 5.10 Å². The number of nitrogens with one attached hydrogen (secondary N) is 1. The van der Waals surface area contributed by atoms with Crippen LogP contribution in [0.25, 0.3) is 22.5 Å². The molecule has 1 aromatic carbocycles. The van der Waals surface area contributed by atoms with E-state index in [-0.39, 0.29) is 0 Å². The quantitative estimate of drug-likeness (QED) is 0.771. The van der Waals surface area contributed by atoms with E-state index >= 15 is 0 Å². The lowest BCUT2D eigenvalue weighted by molar-refractivity contribution is 0.160. The van der Waals surface area contributed by atoms with E-state index in [0.29, 0.717) is 6.04 Å². The number of imidazole rings is 1. The highest BCUT2D eigenvalue weighted by Gasteiger charge is 2.19. The number of nitrogens with zero attached hydrogens (tertiary/aromatic N) is 4. The molecule has 2 aromatic heterocycles. The Bertz CT molecular complexity index is 798. The highest BCUT2D eigenvalue weighted by atomic mass is 15.2. The minimum atomic E-state index is 0.514. The van der Waals surface area contributed by atoms with Crippen molar-refractivity contribution in [2.75, 3.05) is 13.1 Å². The van der Waals surface area contributed by atoms with E-state index in [2.05, 4.69) is 55.8 Å². The minimum Gasteiger partial charge on any atom is -0.329 e. The zero-order valence-electron chi connectivity index (χ0n) is 14.7. The number of rotatable bonds is 5. The molecule has 1 aliphatic rings. The molecule has 25 heavy (non-hydrogen) atoms. The smallest absolute Gasteiger partial charge is 0.0951 e. The Labute approximate surface area is 148 Å². The summed E-state index contributed by atoms with van der Waals surface area (Å²) in [6.07, 6.45) is 9.80. The number of aromatic amines is 1. The molecule has 4 rings (SSSR count). The lowest BCUT2D eigenvalue weighted by Gasteiger charge is -2.32. The van der Waals surface area contributed by atoms with Gasteiger partial charge in [0.1, 0.15) is 0 Å². The van der Waals surface area contributed by atoms with Crippen LogP contribution in [-0.2, 0) is 6.54 Å². The van der Waals surface area contributed by atoms with Crippen LogP contribution in [0.4, 0.5) is 0 Å². The second-order valence-corrected chi connectivity index (χ2v) is 6.90. The lowest BCUT2D eigenvalue weighted by atomic mass is 10.1. The fraction of sp³-hybridized carbons (Fsp3) is 0.400. The van der Waals surface area contributed by atoms with Crippen molar-refractivity contribution in [1.82, 2.24) is 24.6 Å². The van der Waals surface area contributed by atoms with Gasteiger partial charge < -0.3 is 4.57 Å². The molecule has 3 heterocycles. The minimum absolute atomic E-state index is 0.514. The van der Waals surface area contributed by atoms with Crippen molar-refractivity contribution < 1.29 is 0 Å². The average molecular weight is 335 g/mol. The predicted molar refractivity (Wildman–Crippen MR) is 100 cm³/mol. The zero-order chi connectivity index (χ0) is 17.1. The Morgan fingerprint density at radius 3 is 2.68 bits per heavy atom. The maximum atomic E-state index is 4.41. The molecule has 0 amide bonds. The van der Waals surface area contributed by atoms with Gasteiger partial charge in [-0.1, -0.05) is 36.8 Å². The van der Waals surface area contributed by atoms with Gasteiger partial charge in [-0.25, -0.2) is 4.98 Å². The van der Waals surface area contributed by atoms with E-state index in [0.717, 1.165) is 29.1 Å². The lowest BCUT2D eigenvalue weighted by Crippen LogP contribution is -2.39. The van der Waals surface area contributed by atoms with Crippen LogP contribution in [0, 0.1) is 0 Å². The van der Waals surface area contributed by atoms with Gasteiger partial charge >= 0.3 is 0 Å². The summed E-state index contributed by atoms with van der Waals surface area (Å²) in [6.45, 7) is 5.70. The number of H-pyrrole nitrogens is 1. The second-order valence-electron chi connectivity index (χ2n) is 6.90. The molecule has 0 saturated carbocycles. The van der Waals surface area contributed by atoms with Crippen LogP contribution in [0.5, 0.6) is 0 Å². The first-order chi connectivity index (χ1) is 12.3. The van der Waals surface area contributed by atoms with Crippen molar-refractivity contribution >= 4 is 0 Å². The van der Waals surface area contributed by atoms with Crippen LogP contribution < -0.4 is 0 Å². The van der Waals surface area contributed by atoms with Crippen LogP contribution in [0.1, 0.15) is 26.2 Å². The molecule has 1 aliphatic heterocycles. The molecule has 0 aliphatic carbocycles. The number of benzene rings is 1. The molecule has 5 heteroatoms. The van der Waals surface area contributed by atoms with Crippen molar-refractivity contribution in [2.24, 2.45) is 0 Å². The monoisotopic (exact) mass is 335 g/mol. The number of hydrogen-bond acceptors (Lipinski definition) is 3. The van der Waals surface area contributed by atoms with E-state index in [4.69, 9.17) is 0 Å². The summed E-state index contributed by atoms with van der Waals surface area (Å²) < 4.78 is 2.26. The maximum absolute atomic E-state index is 4.41. The summed E-state index contributed by atoms with van der Waals surface area (Å²) in [4.78, 5) is 7.01. The molecule has 1 saturated heterocycles. The van der Waals surface area contributed by atoms with Crippen LogP contribution in [-0.4, -0.2) is 43.8 Å². The summed E-state index contributed by atoms with van der Waals surface area (Å²) in [5.41, 5.74) is 4.42. The fourth-order valence-corrected chi connectivity index (χ4v) is 3.76. The molecule has 0 radical (unpaired) electrons. The summed E-state index contributed by atoms with van der Waals surface area (Å²) in [5, 5.41) is 7.44. The standard InChI is InChI=1S/C20H25N5/c1-16(24-10-6-3-7-11-24)14-25-15-21-13-19(25)18-12-22-23-20(18)17-8-4-2-5-9-17/h2,4-5,8-9,12-13,15-16H,3,6-7,10-11,14H2,1H3,(H,22,23). The highest BCUT2D eigenvalue weighted by Crippen LogP contribution is 2.30. The number of piperidine rings is 1. The maximum Gasteiger partial charge on any atom is 0.0951 e. The summed E-state index contributed by atoms with van der Waals surface area (Å²) in [7, 11) is 0. The molecule has 130 valence electrons. The summed E-state index contributed by atoms with van der Waals surface area (Å²) in [6, 6.07) is 10.9. The van der Waals surface area contributed by atoms with E-state index < -0.39 is 0 Å². The topological polar surface area (TPSA) is 49.7 Å². The third-order valence-electron chi connectivity index (χ3n) is 5.16. The third-order valence-corrected chi connectivity index (χ3v) is 5.16. The van der Waals surface area contributed by atoms with Crippen LogP contribution in [0.3, 0.4) is 0 Å². The third kappa shape index (κ3) is 3.37. The largest absolute Gasteiger partial charge is 0.329 e. The van der Waals surface area contributed by atoms with Gasteiger partial charge in [0.2, 0.25) is 0 Å². The van der Waals surface area contributed by atoms with E-state index in [9.17, 15) is 0 Å². The van der Waals surface area contributed by atoms with Crippen LogP contribution in [0.15, 0.2) is 49.1 Å². The van der Waals surface area contributed by atoms with E-state index in [1.54, 1.807) is 0 Å². The Hall–Kier alpha value is -2.40. The first-order valence-electron chi connectivity index (χ1n) is 9.16. The van der Waals surface area contributed by atoms with Gasteiger partial charge in [-0.05, 0) is 32.9 Å². The molecule has 5 nitrogen and oxygen atoms in total. The van der Waals surface area contributed by atoms with Gasteiger partial charge in [0.25, 0.3) is 0 Å². The molecule has 1 atom stereocenters. The Morgan fingerprint density at radius 2 is 1.88 bits per heavy atom. The first-order valence-corrected chi connectivity index (χ1v) is 9.16. The summed E-state index contributed by atoms with van der Waals surface area (Å²) >= 11 is 0. The highest BCUT2D eigenvalue weighted by molar-refractivity contribution is 5.78. The Balaban J connectivity index is 1.59. The molecule has 1 N–H and O–H groups in total. The van der Waals surface area contributed by atoms with Crippen molar-refractivity contribution in [1.29, 1.82) is 0 Å². The van der Waals surface area contributed by atoms with Gasteiger partial charge in [-0.3, -0.25) is 10.00 Å². The molecule has 3 aromatic rings. The van der Waals surface area contributed by atoms with Crippen LogP contribution in [0.2, 0.25) is 0 Å². The van der Waals surface area contributed by atoms with Gasteiger partial charge in [0, 0.05) is 23.7 Å². The molecular formula is C20H25N5. The SMILES string of the molecule is CC(Cn1cncc1-c1cn[nH]c1-c1ccccc1)N1CCCCC1. The number of likely N-dealkylation sites (tertiary alicyclic amines) is 1. The molecular weight excluding hydrogens is 310 g/mol. The molecule has 1 unspecified atom stereocenters. The van der Waals surface area contributed by atoms with Crippen molar-refractivity contribution in [3.63, 3.8) is 0 Å². The zero-order valence-corrected chi connectivity index (χ0v) is 14.7. The van der Waals surface area contributed by atoms with Gasteiger partial charge in [-0.15, -0.1) is 0 Å². The summed E-state index contributed by atoms with van der Waals surface area (Å²) in [5.74, 6) is 0. The van der Waals surface area contributed by atoms with Crippen molar-refractivity contribution in [3.05, 3.63) is 49.1 Å². The fourth-order valence-electron chi connectivity index (χ4n) is 3.76. The van der Waals surface area contributed by atoms with E-state index in [1.807, 2.05) is 24.8 Å².